The molecule has 48 heavy (non-hydrogen) atoms. The summed E-state index contributed by atoms with van der Waals surface area (Å²) in [5, 5.41) is 9.53. The third-order valence-corrected chi connectivity index (χ3v) is 7.06. The van der Waals surface area contributed by atoms with Crippen LogP contribution in [0.3, 0.4) is 0 Å². The van der Waals surface area contributed by atoms with Crippen LogP contribution in [0.25, 0.3) is 0 Å². The first kappa shape index (κ1) is 44.6. The zero-order valence-electron chi connectivity index (χ0n) is 30.2. The second-order valence-electron chi connectivity index (χ2n) is 11.5. The van der Waals surface area contributed by atoms with Gasteiger partial charge in [-0.1, -0.05) is 136 Å². The lowest BCUT2D eigenvalue weighted by Crippen LogP contribution is -2.28. The molecule has 5 heteroatoms. The molecule has 0 aliphatic rings. The van der Waals surface area contributed by atoms with Crippen molar-refractivity contribution in [3.63, 3.8) is 0 Å². The molecule has 0 saturated carbocycles. The Morgan fingerprint density at radius 3 is 1.29 bits per heavy atom. The van der Waals surface area contributed by atoms with E-state index in [4.69, 9.17) is 9.47 Å². The Labute approximate surface area is 293 Å². The Bertz CT molecular complexity index is 1020. The van der Waals surface area contributed by atoms with E-state index >= 15 is 0 Å². The number of rotatable bonds is 31. The Morgan fingerprint density at radius 2 is 0.854 bits per heavy atom. The summed E-state index contributed by atoms with van der Waals surface area (Å²) >= 11 is 0. The average Bonchev–Trinajstić information content (AvgIpc) is 3.09. The number of ether oxygens (including phenoxy) is 2. The van der Waals surface area contributed by atoms with Crippen LogP contribution in [-0.2, 0) is 19.1 Å². The van der Waals surface area contributed by atoms with E-state index < -0.39 is 6.10 Å². The third-order valence-electron chi connectivity index (χ3n) is 7.06. The van der Waals surface area contributed by atoms with Crippen LogP contribution < -0.4 is 0 Å². The van der Waals surface area contributed by atoms with Crippen LogP contribution in [0.15, 0.2) is 109 Å². The Kier molecular flexibility index (Phi) is 35.3. The van der Waals surface area contributed by atoms with Crippen LogP contribution in [0.2, 0.25) is 0 Å². The summed E-state index contributed by atoms with van der Waals surface area (Å²) in [5.74, 6) is -0.701. The summed E-state index contributed by atoms with van der Waals surface area (Å²) < 4.78 is 10.5. The zero-order chi connectivity index (χ0) is 35.0. The van der Waals surface area contributed by atoms with Crippen molar-refractivity contribution in [3.8, 4) is 0 Å². The molecule has 268 valence electrons. The van der Waals surface area contributed by atoms with E-state index in [2.05, 4.69) is 123 Å². The quantitative estimate of drug-likeness (QED) is 0.0454. The molecule has 0 spiro atoms. The van der Waals surface area contributed by atoms with Crippen molar-refractivity contribution in [3.05, 3.63) is 109 Å². The predicted molar refractivity (Wildman–Crippen MR) is 205 cm³/mol. The molecule has 0 radical (unpaired) electrons. The van der Waals surface area contributed by atoms with Gasteiger partial charge in [0.2, 0.25) is 0 Å². The van der Waals surface area contributed by atoms with Crippen molar-refractivity contribution < 1.29 is 24.2 Å². The summed E-state index contributed by atoms with van der Waals surface area (Å²) in [4.78, 5) is 24.2. The number of aliphatic hydroxyl groups excluding tert-OH is 1. The van der Waals surface area contributed by atoms with Gasteiger partial charge in [-0.2, -0.15) is 0 Å². The minimum absolute atomic E-state index is 0.109. The van der Waals surface area contributed by atoms with Gasteiger partial charge in [0.25, 0.3) is 0 Å². The molecule has 0 saturated heterocycles. The number of unbranched alkanes of at least 4 members (excludes halogenated alkanes) is 5. The summed E-state index contributed by atoms with van der Waals surface area (Å²) in [6, 6.07) is 0. The van der Waals surface area contributed by atoms with Crippen molar-refractivity contribution >= 4 is 11.9 Å². The molecular weight excluding hydrogens is 596 g/mol. The Hall–Kier alpha value is -3.44. The molecular formula is C43H66O5. The highest BCUT2D eigenvalue weighted by Gasteiger charge is 2.15. The van der Waals surface area contributed by atoms with Crippen LogP contribution in [0.1, 0.15) is 129 Å². The molecule has 1 N–H and O–H groups in total. The standard InChI is InChI=1S/C43H66O5/c1-3-5-7-9-11-13-15-17-19-21-23-25-27-29-31-33-35-37-42(45)47-40-41(39-44)48-43(46)38-36-34-32-30-28-26-24-22-20-18-16-14-12-10-8-6-4-2/h5-8,11-14,17-20,23-26,30,32,41,44H,3-4,9-10,15-16,21-22,27-29,31,33-40H2,1-2H3/b7-5-,8-6-,13-11-,14-12-,19-17-,20-18-,25-23-,26-24-,32-30-. The molecule has 1 unspecified atom stereocenters. The van der Waals surface area contributed by atoms with E-state index in [1.54, 1.807) is 0 Å². The molecule has 0 aromatic carbocycles. The fraction of sp³-hybridized carbons (Fsp3) is 0.535. The zero-order valence-corrected chi connectivity index (χ0v) is 30.2. The highest BCUT2D eigenvalue weighted by molar-refractivity contribution is 5.70. The normalized spacial score (nSPS) is 13.5. The predicted octanol–water partition coefficient (Wildman–Crippen LogP) is 11.5. The second-order valence-corrected chi connectivity index (χ2v) is 11.5. The molecule has 0 aromatic rings. The van der Waals surface area contributed by atoms with Crippen LogP contribution in [0.4, 0.5) is 0 Å². The summed E-state index contributed by atoms with van der Waals surface area (Å²) in [6.45, 7) is 3.81. The fourth-order valence-electron chi connectivity index (χ4n) is 4.34. The highest BCUT2D eigenvalue weighted by atomic mass is 16.6. The number of allylic oxidation sites excluding steroid dienone is 18. The molecule has 0 fully saturated rings. The number of carbonyl (C=O) groups is 2. The van der Waals surface area contributed by atoms with Gasteiger partial charge in [-0.25, -0.2) is 0 Å². The number of esters is 2. The largest absolute Gasteiger partial charge is 0.462 e. The smallest absolute Gasteiger partial charge is 0.306 e. The minimum atomic E-state index is -0.818. The molecule has 0 aliphatic carbocycles. The molecule has 0 heterocycles. The number of hydrogen-bond donors (Lipinski definition) is 1. The maximum Gasteiger partial charge on any atom is 0.306 e. The lowest BCUT2D eigenvalue weighted by molar-refractivity contribution is -0.161. The van der Waals surface area contributed by atoms with Crippen molar-refractivity contribution in [1.82, 2.24) is 0 Å². The van der Waals surface area contributed by atoms with E-state index in [1.165, 1.54) is 0 Å². The molecule has 0 aliphatic heterocycles. The van der Waals surface area contributed by atoms with Gasteiger partial charge < -0.3 is 14.6 Å². The first-order chi connectivity index (χ1) is 23.6. The maximum atomic E-state index is 12.1. The van der Waals surface area contributed by atoms with Crippen LogP contribution >= 0.6 is 0 Å². The first-order valence-electron chi connectivity index (χ1n) is 18.4. The number of hydrogen-bond acceptors (Lipinski definition) is 5. The lowest BCUT2D eigenvalue weighted by Gasteiger charge is -2.15. The van der Waals surface area contributed by atoms with Gasteiger partial charge in [0.1, 0.15) is 6.61 Å². The van der Waals surface area contributed by atoms with Crippen molar-refractivity contribution in [1.29, 1.82) is 0 Å². The first-order valence-corrected chi connectivity index (χ1v) is 18.4. The molecule has 0 amide bonds. The van der Waals surface area contributed by atoms with E-state index in [1.807, 2.05) is 0 Å². The van der Waals surface area contributed by atoms with Crippen LogP contribution in [0.5, 0.6) is 0 Å². The highest BCUT2D eigenvalue weighted by Crippen LogP contribution is 2.08. The summed E-state index contributed by atoms with van der Waals surface area (Å²) in [5.41, 5.74) is 0. The Morgan fingerprint density at radius 1 is 0.479 bits per heavy atom. The lowest BCUT2D eigenvalue weighted by atomic mass is 10.1. The van der Waals surface area contributed by atoms with Crippen molar-refractivity contribution in [2.75, 3.05) is 13.2 Å². The van der Waals surface area contributed by atoms with Gasteiger partial charge >= 0.3 is 11.9 Å². The third kappa shape index (κ3) is 35.4. The molecule has 0 bridgehead atoms. The van der Waals surface area contributed by atoms with E-state index in [0.29, 0.717) is 12.8 Å². The van der Waals surface area contributed by atoms with E-state index in [9.17, 15) is 14.7 Å². The number of carbonyl (C=O) groups excluding carboxylic acids is 2. The molecule has 0 aromatic heterocycles. The van der Waals surface area contributed by atoms with E-state index in [0.717, 1.165) is 96.3 Å². The Balaban J connectivity index is 3.77. The molecule has 1 atom stereocenters. The molecule has 5 nitrogen and oxygen atoms in total. The van der Waals surface area contributed by atoms with Gasteiger partial charge in [-0.05, 0) is 89.9 Å². The molecule has 0 rings (SSSR count). The van der Waals surface area contributed by atoms with Crippen LogP contribution in [-0.4, -0.2) is 36.4 Å². The van der Waals surface area contributed by atoms with E-state index in [-0.39, 0.29) is 31.6 Å². The minimum Gasteiger partial charge on any atom is -0.462 e. The number of aliphatic hydroxyl groups is 1. The summed E-state index contributed by atoms with van der Waals surface area (Å²) in [7, 11) is 0. The fourth-order valence-corrected chi connectivity index (χ4v) is 4.34. The van der Waals surface area contributed by atoms with Gasteiger partial charge in [-0.15, -0.1) is 0 Å². The topological polar surface area (TPSA) is 72.8 Å². The average molecular weight is 663 g/mol. The van der Waals surface area contributed by atoms with Gasteiger partial charge in [-0.3, -0.25) is 9.59 Å². The van der Waals surface area contributed by atoms with Crippen molar-refractivity contribution in [2.24, 2.45) is 0 Å². The van der Waals surface area contributed by atoms with Gasteiger partial charge in [0.05, 0.1) is 6.61 Å². The second kappa shape index (κ2) is 38.0. The SMILES string of the molecule is CC/C=C\C/C=C\C/C=C\C/C=C\C/C=C\CCCC(=O)OC(CO)COC(=O)CCCCCC/C=C\C/C=C\C/C=C\C/C=C\CC. The monoisotopic (exact) mass is 662 g/mol. The summed E-state index contributed by atoms with van der Waals surface area (Å²) in [6.07, 6.45) is 54.3. The van der Waals surface area contributed by atoms with Crippen molar-refractivity contribution in [2.45, 2.75) is 136 Å². The maximum absolute atomic E-state index is 12.1. The van der Waals surface area contributed by atoms with Gasteiger partial charge in [0, 0.05) is 12.8 Å². The van der Waals surface area contributed by atoms with Gasteiger partial charge in [0.15, 0.2) is 6.10 Å². The van der Waals surface area contributed by atoms with Crippen LogP contribution in [0, 0.1) is 0 Å².